The van der Waals surface area contributed by atoms with E-state index in [2.05, 4.69) is 29.4 Å². The van der Waals surface area contributed by atoms with Gasteiger partial charge in [-0.25, -0.2) is 0 Å². The van der Waals surface area contributed by atoms with E-state index < -0.39 is 0 Å². The number of para-hydroxylation sites is 1. The molecule has 0 fully saturated rings. The SMILES string of the molecule is Cc1cc(C)c(NC(=O)CCCSCC(=O)c2c(C)[nH]c3ccccc23)c(C)c1. The Labute approximate surface area is 176 Å². The van der Waals surface area contributed by atoms with Crippen LogP contribution in [0.4, 0.5) is 5.69 Å². The Kier molecular flexibility index (Phi) is 6.80. The van der Waals surface area contributed by atoms with E-state index in [4.69, 9.17) is 0 Å². The minimum atomic E-state index is 0.0273. The van der Waals surface area contributed by atoms with Crippen molar-refractivity contribution in [1.29, 1.82) is 0 Å². The van der Waals surface area contributed by atoms with E-state index >= 15 is 0 Å². The number of benzene rings is 2. The molecule has 4 nitrogen and oxygen atoms in total. The molecule has 0 saturated carbocycles. The third-order valence-electron chi connectivity index (χ3n) is 5.04. The molecule has 0 aliphatic carbocycles. The first-order valence-electron chi connectivity index (χ1n) is 9.92. The second kappa shape index (κ2) is 9.31. The monoisotopic (exact) mass is 408 g/mol. The number of H-pyrrole nitrogens is 1. The van der Waals surface area contributed by atoms with Crippen molar-refractivity contribution in [3.05, 3.63) is 64.3 Å². The van der Waals surface area contributed by atoms with E-state index in [9.17, 15) is 9.59 Å². The van der Waals surface area contributed by atoms with E-state index in [1.165, 1.54) is 5.56 Å². The van der Waals surface area contributed by atoms with Crippen molar-refractivity contribution >= 4 is 40.0 Å². The summed E-state index contributed by atoms with van der Waals surface area (Å²) < 4.78 is 0. The summed E-state index contributed by atoms with van der Waals surface area (Å²) in [6.45, 7) is 8.03. The van der Waals surface area contributed by atoms with Gasteiger partial charge >= 0.3 is 0 Å². The van der Waals surface area contributed by atoms with Crippen molar-refractivity contribution in [3.63, 3.8) is 0 Å². The van der Waals surface area contributed by atoms with E-state index in [1.807, 2.05) is 45.0 Å². The number of amides is 1. The van der Waals surface area contributed by atoms with Crippen molar-refractivity contribution in [2.75, 3.05) is 16.8 Å². The molecule has 0 atom stereocenters. The third kappa shape index (κ3) is 5.10. The Morgan fingerprint density at radius 2 is 1.72 bits per heavy atom. The standard InChI is InChI=1S/C24H28N2O2S/c1-15-12-16(2)24(17(3)13-15)26-22(28)10-7-11-29-14-21(27)23-18(4)25-20-9-6-5-8-19(20)23/h5-6,8-9,12-13,25H,7,10-11,14H2,1-4H3,(H,26,28). The van der Waals surface area contributed by atoms with Gasteiger partial charge in [0.25, 0.3) is 0 Å². The molecule has 0 saturated heterocycles. The number of aromatic amines is 1. The van der Waals surface area contributed by atoms with Gasteiger partial charge in [-0.15, -0.1) is 0 Å². The molecule has 0 radical (unpaired) electrons. The second-order valence-corrected chi connectivity index (χ2v) is 8.68. The summed E-state index contributed by atoms with van der Waals surface area (Å²) in [5.41, 5.74) is 6.99. The lowest BCUT2D eigenvalue weighted by molar-refractivity contribution is -0.116. The van der Waals surface area contributed by atoms with Crippen LogP contribution in [-0.2, 0) is 4.79 Å². The van der Waals surface area contributed by atoms with Gasteiger partial charge < -0.3 is 10.3 Å². The van der Waals surface area contributed by atoms with Crippen molar-refractivity contribution in [2.24, 2.45) is 0 Å². The van der Waals surface area contributed by atoms with Gasteiger partial charge in [0.15, 0.2) is 5.78 Å². The maximum atomic E-state index is 12.7. The van der Waals surface area contributed by atoms with Gasteiger partial charge in [-0.2, -0.15) is 11.8 Å². The molecule has 0 spiro atoms. The molecule has 0 aliphatic heterocycles. The molecular formula is C24H28N2O2S. The predicted molar refractivity (Wildman–Crippen MR) is 123 cm³/mol. The summed E-state index contributed by atoms with van der Waals surface area (Å²) >= 11 is 1.59. The van der Waals surface area contributed by atoms with E-state index in [1.54, 1.807) is 11.8 Å². The van der Waals surface area contributed by atoms with Crippen LogP contribution in [0.1, 0.15) is 45.6 Å². The molecule has 0 bridgehead atoms. The molecular weight excluding hydrogens is 380 g/mol. The summed E-state index contributed by atoms with van der Waals surface area (Å²) in [4.78, 5) is 28.2. The molecule has 1 heterocycles. The lowest BCUT2D eigenvalue weighted by Crippen LogP contribution is -2.14. The largest absolute Gasteiger partial charge is 0.358 e. The minimum Gasteiger partial charge on any atom is -0.358 e. The number of ketones is 1. The van der Waals surface area contributed by atoms with Crippen molar-refractivity contribution < 1.29 is 9.59 Å². The summed E-state index contributed by atoms with van der Waals surface area (Å²) in [6, 6.07) is 12.0. The Bertz CT molecular complexity index is 1030. The van der Waals surface area contributed by atoms with Gasteiger partial charge in [0.2, 0.25) is 5.91 Å². The van der Waals surface area contributed by atoms with E-state index in [0.717, 1.165) is 51.1 Å². The summed E-state index contributed by atoms with van der Waals surface area (Å²) in [5.74, 6) is 1.38. The van der Waals surface area contributed by atoms with Crippen LogP contribution in [0.5, 0.6) is 0 Å². The maximum absolute atomic E-state index is 12.7. The molecule has 152 valence electrons. The van der Waals surface area contributed by atoms with Crippen molar-refractivity contribution in [2.45, 2.75) is 40.5 Å². The number of carbonyl (C=O) groups excluding carboxylic acids is 2. The molecule has 3 rings (SSSR count). The Hall–Kier alpha value is -2.53. The van der Waals surface area contributed by atoms with E-state index in [0.29, 0.717) is 12.2 Å². The summed E-state index contributed by atoms with van der Waals surface area (Å²) in [6.07, 6.45) is 1.21. The fraction of sp³-hybridized carbons (Fsp3) is 0.333. The minimum absolute atomic E-state index is 0.0273. The lowest BCUT2D eigenvalue weighted by atomic mass is 10.0. The van der Waals surface area contributed by atoms with Gasteiger partial charge in [0.1, 0.15) is 0 Å². The molecule has 5 heteroatoms. The number of aryl methyl sites for hydroxylation is 4. The number of fused-ring (bicyclic) bond motifs is 1. The number of nitrogens with one attached hydrogen (secondary N) is 2. The highest BCUT2D eigenvalue weighted by Crippen LogP contribution is 2.24. The van der Waals surface area contributed by atoms with Crippen molar-refractivity contribution in [1.82, 2.24) is 4.98 Å². The summed E-state index contributed by atoms with van der Waals surface area (Å²) in [5, 5.41) is 4.02. The first-order chi connectivity index (χ1) is 13.9. The van der Waals surface area contributed by atoms with Crippen LogP contribution < -0.4 is 5.32 Å². The van der Waals surface area contributed by atoms with Crippen LogP contribution in [0.2, 0.25) is 0 Å². The van der Waals surface area contributed by atoms with Gasteiger partial charge in [-0.05, 0) is 57.1 Å². The quantitative estimate of drug-likeness (QED) is 0.369. The Morgan fingerprint density at radius 3 is 2.45 bits per heavy atom. The number of anilines is 1. The average Bonchev–Trinajstić information content (AvgIpc) is 3.00. The molecule has 3 aromatic rings. The number of hydrogen-bond acceptors (Lipinski definition) is 3. The van der Waals surface area contributed by atoms with Crippen molar-refractivity contribution in [3.8, 4) is 0 Å². The van der Waals surface area contributed by atoms with Crippen LogP contribution in [0, 0.1) is 27.7 Å². The van der Waals surface area contributed by atoms with Gasteiger partial charge in [-0.3, -0.25) is 9.59 Å². The third-order valence-corrected chi connectivity index (χ3v) is 6.08. The fourth-order valence-electron chi connectivity index (χ4n) is 3.79. The number of Topliss-reactive ketones (excluding diaryl/α,β-unsaturated/α-hetero) is 1. The van der Waals surface area contributed by atoms with Gasteiger partial charge in [0.05, 0.1) is 5.75 Å². The first kappa shape index (κ1) is 21.2. The van der Waals surface area contributed by atoms with Crippen LogP contribution in [0.3, 0.4) is 0 Å². The molecule has 0 unspecified atom stereocenters. The number of hydrogen-bond donors (Lipinski definition) is 2. The molecule has 29 heavy (non-hydrogen) atoms. The van der Waals surface area contributed by atoms with Crippen LogP contribution in [0.25, 0.3) is 10.9 Å². The Balaban J connectivity index is 1.46. The predicted octanol–water partition coefficient (Wildman–Crippen LogP) is 5.74. The topological polar surface area (TPSA) is 62.0 Å². The normalized spacial score (nSPS) is 11.0. The number of carbonyl (C=O) groups is 2. The molecule has 2 aromatic carbocycles. The zero-order valence-electron chi connectivity index (χ0n) is 17.5. The summed E-state index contributed by atoms with van der Waals surface area (Å²) in [7, 11) is 0. The number of thioether (sulfide) groups is 1. The van der Waals surface area contributed by atoms with Gasteiger partial charge in [-0.1, -0.05) is 35.9 Å². The molecule has 0 aliphatic rings. The molecule has 2 N–H and O–H groups in total. The van der Waals surface area contributed by atoms with Crippen LogP contribution >= 0.6 is 11.8 Å². The van der Waals surface area contributed by atoms with Crippen LogP contribution in [0.15, 0.2) is 36.4 Å². The highest BCUT2D eigenvalue weighted by Gasteiger charge is 2.15. The zero-order valence-corrected chi connectivity index (χ0v) is 18.3. The van der Waals surface area contributed by atoms with Gasteiger partial charge in [0, 0.05) is 34.3 Å². The van der Waals surface area contributed by atoms with Crippen LogP contribution in [-0.4, -0.2) is 28.2 Å². The Morgan fingerprint density at radius 1 is 1.03 bits per heavy atom. The lowest BCUT2D eigenvalue weighted by Gasteiger charge is -2.12. The van der Waals surface area contributed by atoms with E-state index in [-0.39, 0.29) is 11.7 Å². The smallest absolute Gasteiger partial charge is 0.224 e. The molecule has 1 amide bonds. The number of rotatable bonds is 8. The highest BCUT2D eigenvalue weighted by molar-refractivity contribution is 7.99. The maximum Gasteiger partial charge on any atom is 0.224 e. The molecule has 1 aromatic heterocycles. The first-order valence-corrected chi connectivity index (χ1v) is 11.1. The fourth-order valence-corrected chi connectivity index (χ4v) is 4.61. The highest BCUT2D eigenvalue weighted by atomic mass is 32.2. The zero-order chi connectivity index (χ0) is 21.0. The number of aromatic nitrogens is 1. The second-order valence-electron chi connectivity index (χ2n) is 7.57. The average molecular weight is 409 g/mol.